The van der Waals surface area contributed by atoms with E-state index in [2.05, 4.69) is 5.32 Å². The Morgan fingerprint density at radius 1 is 1.36 bits per heavy atom. The maximum Gasteiger partial charge on any atom is 0.274 e. The normalized spacial score (nSPS) is 16.9. The lowest BCUT2D eigenvalue weighted by molar-refractivity contribution is -0.127. The minimum Gasteiger partial charge on any atom is -0.476 e. The number of carbonyl (C=O) groups is 1. The van der Waals surface area contributed by atoms with Gasteiger partial charge in [-0.15, -0.1) is 11.3 Å². The standard InChI is InChI=1S/C16H17ClN2O4S2/c1-2-9-18-16(20)13-10-19(11-5-3-4-6-12(11)23-13)25(21,22)15-8-7-14(17)24-15/h3-8,13H,2,9-10H2,1H3,(H,18,20)/t13-/m0/s1. The minimum atomic E-state index is -3.83. The highest BCUT2D eigenvalue weighted by atomic mass is 35.5. The number of ether oxygens (including phenoxy) is 1. The largest absolute Gasteiger partial charge is 0.476 e. The number of anilines is 1. The number of nitrogens with one attached hydrogen (secondary N) is 1. The first-order valence-corrected chi connectivity index (χ1v) is 10.4. The molecule has 25 heavy (non-hydrogen) atoms. The highest BCUT2D eigenvalue weighted by molar-refractivity contribution is 7.94. The van der Waals surface area contributed by atoms with Crippen molar-refractivity contribution in [1.29, 1.82) is 0 Å². The van der Waals surface area contributed by atoms with Gasteiger partial charge in [-0.25, -0.2) is 8.42 Å². The Kier molecular flexibility index (Phi) is 5.21. The lowest BCUT2D eigenvalue weighted by Gasteiger charge is -2.34. The number of amides is 1. The molecule has 6 nitrogen and oxygen atoms in total. The molecule has 2 heterocycles. The number of halogens is 1. The molecule has 1 aliphatic heterocycles. The monoisotopic (exact) mass is 400 g/mol. The Morgan fingerprint density at radius 2 is 2.12 bits per heavy atom. The summed E-state index contributed by atoms with van der Waals surface area (Å²) in [5, 5.41) is 2.74. The zero-order valence-electron chi connectivity index (χ0n) is 13.4. The maximum atomic E-state index is 13.0. The van der Waals surface area contributed by atoms with E-state index in [0.29, 0.717) is 22.3 Å². The average Bonchev–Trinajstić information content (AvgIpc) is 3.05. The van der Waals surface area contributed by atoms with E-state index in [9.17, 15) is 13.2 Å². The van der Waals surface area contributed by atoms with Crippen LogP contribution in [0.15, 0.2) is 40.6 Å². The van der Waals surface area contributed by atoms with E-state index >= 15 is 0 Å². The van der Waals surface area contributed by atoms with E-state index in [1.165, 1.54) is 16.4 Å². The summed E-state index contributed by atoms with van der Waals surface area (Å²) in [6, 6.07) is 9.77. The fourth-order valence-electron chi connectivity index (χ4n) is 2.47. The van der Waals surface area contributed by atoms with Gasteiger partial charge in [-0.3, -0.25) is 9.10 Å². The van der Waals surface area contributed by atoms with Crippen LogP contribution in [0.4, 0.5) is 5.69 Å². The smallest absolute Gasteiger partial charge is 0.274 e. The van der Waals surface area contributed by atoms with Crippen LogP contribution in [-0.4, -0.2) is 33.5 Å². The van der Waals surface area contributed by atoms with Crippen LogP contribution >= 0.6 is 22.9 Å². The van der Waals surface area contributed by atoms with Crippen LogP contribution in [0.1, 0.15) is 13.3 Å². The number of fused-ring (bicyclic) bond motifs is 1. The van der Waals surface area contributed by atoms with Gasteiger partial charge in [0, 0.05) is 6.54 Å². The number of thiophene rings is 1. The van der Waals surface area contributed by atoms with E-state index in [4.69, 9.17) is 16.3 Å². The van der Waals surface area contributed by atoms with Crippen molar-refractivity contribution >= 4 is 44.6 Å². The van der Waals surface area contributed by atoms with Crippen molar-refractivity contribution in [2.45, 2.75) is 23.7 Å². The molecule has 0 saturated carbocycles. The van der Waals surface area contributed by atoms with Gasteiger partial charge in [0.1, 0.15) is 9.96 Å². The quantitative estimate of drug-likeness (QED) is 0.837. The second-order valence-corrected chi connectivity index (χ2v) is 9.26. The highest BCUT2D eigenvalue weighted by Crippen LogP contribution is 2.38. The molecule has 1 amide bonds. The molecule has 1 atom stereocenters. The third kappa shape index (κ3) is 3.61. The Hall–Kier alpha value is -1.77. The summed E-state index contributed by atoms with van der Waals surface area (Å²) in [6.07, 6.45) is -0.128. The third-order valence-electron chi connectivity index (χ3n) is 3.67. The van der Waals surface area contributed by atoms with E-state index in [-0.39, 0.29) is 16.7 Å². The summed E-state index contributed by atoms with van der Waals surface area (Å²) in [7, 11) is -3.83. The van der Waals surface area contributed by atoms with Crippen LogP contribution in [-0.2, 0) is 14.8 Å². The fraction of sp³-hybridized carbons (Fsp3) is 0.312. The first-order chi connectivity index (χ1) is 11.9. The molecule has 3 rings (SSSR count). The molecule has 0 aliphatic carbocycles. The van der Waals surface area contributed by atoms with Crippen molar-refractivity contribution in [1.82, 2.24) is 5.32 Å². The predicted octanol–water partition coefficient (Wildman–Crippen LogP) is 2.88. The summed E-state index contributed by atoms with van der Waals surface area (Å²) < 4.78 is 33.5. The van der Waals surface area contributed by atoms with Crippen LogP contribution in [0.25, 0.3) is 0 Å². The van der Waals surface area contributed by atoms with Crippen molar-refractivity contribution in [3.05, 3.63) is 40.7 Å². The van der Waals surface area contributed by atoms with Crippen LogP contribution in [0.2, 0.25) is 4.34 Å². The van der Waals surface area contributed by atoms with Gasteiger partial charge in [0.2, 0.25) is 0 Å². The number of hydrogen-bond donors (Lipinski definition) is 1. The van der Waals surface area contributed by atoms with Crippen molar-refractivity contribution < 1.29 is 17.9 Å². The molecule has 1 N–H and O–H groups in total. The van der Waals surface area contributed by atoms with E-state index in [0.717, 1.165) is 17.8 Å². The van der Waals surface area contributed by atoms with Gasteiger partial charge >= 0.3 is 0 Å². The molecule has 0 bridgehead atoms. The van der Waals surface area contributed by atoms with Crippen LogP contribution in [0.3, 0.4) is 0 Å². The number of para-hydroxylation sites is 2. The van der Waals surface area contributed by atoms with Gasteiger partial charge in [-0.1, -0.05) is 30.7 Å². The molecule has 9 heteroatoms. The second kappa shape index (κ2) is 7.23. The average molecular weight is 401 g/mol. The van der Waals surface area contributed by atoms with Crippen LogP contribution in [0, 0.1) is 0 Å². The molecule has 0 saturated heterocycles. The molecule has 1 aliphatic rings. The first kappa shape index (κ1) is 18.0. The van der Waals surface area contributed by atoms with Gasteiger partial charge in [0.05, 0.1) is 16.6 Å². The van der Waals surface area contributed by atoms with Gasteiger partial charge < -0.3 is 10.1 Å². The minimum absolute atomic E-state index is 0.0928. The number of hydrogen-bond acceptors (Lipinski definition) is 5. The lowest BCUT2D eigenvalue weighted by atomic mass is 10.2. The van der Waals surface area contributed by atoms with Crippen molar-refractivity contribution in [3.8, 4) is 5.75 Å². The second-order valence-electron chi connectivity index (χ2n) is 5.46. The Balaban J connectivity index is 1.98. The van der Waals surface area contributed by atoms with Crippen LogP contribution in [0.5, 0.6) is 5.75 Å². The molecule has 1 aromatic heterocycles. The number of nitrogens with zero attached hydrogens (tertiary/aromatic N) is 1. The summed E-state index contributed by atoms with van der Waals surface area (Å²) in [6.45, 7) is 2.35. The van der Waals surface area contributed by atoms with Gasteiger partial charge in [0.15, 0.2) is 6.10 Å². The zero-order chi connectivity index (χ0) is 18.0. The molecule has 0 fully saturated rings. The molecule has 2 aromatic rings. The molecular weight excluding hydrogens is 384 g/mol. The van der Waals surface area contributed by atoms with Crippen molar-refractivity contribution in [2.24, 2.45) is 0 Å². The predicted molar refractivity (Wildman–Crippen MR) is 98.0 cm³/mol. The summed E-state index contributed by atoms with van der Waals surface area (Å²) in [4.78, 5) is 12.3. The van der Waals surface area contributed by atoms with Gasteiger partial charge in [0.25, 0.3) is 15.9 Å². The van der Waals surface area contributed by atoms with E-state index in [1.54, 1.807) is 24.3 Å². The zero-order valence-corrected chi connectivity index (χ0v) is 15.8. The molecule has 1 aromatic carbocycles. The van der Waals surface area contributed by atoms with Crippen molar-refractivity contribution in [3.63, 3.8) is 0 Å². The topological polar surface area (TPSA) is 75.7 Å². The lowest BCUT2D eigenvalue weighted by Crippen LogP contribution is -2.50. The Morgan fingerprint density at radius 3 is 2.80 bits per heavy atom. The summed E-state index contributed by atoms with van der Waals surface area (Å²) in [5.74, 6) is 0.0254. The number of benzene rings is 1. The molecule has 0 radical (unpaired) electrons. The SMILES string of the molecule is CCCNC(=O)[C@@H]1CN(S(=O)(=O)c2ccc(Cl)s2)c2ccccc2O1. The molecule has 0 spiro atoms. The number of rotatable bonds is 5. The maximum absolute atomic E-state index is 13.0. The third-order valence-corrected chi connectivity index (χ3v) is 7.15. The molecule has 134 valence electrons. The molecule has 0 unspecified atom stereocenters. The summed E-state index contributed by atoms with van der Waals surface area (Å²) in [5.41, 5.74) is 0.409. The number of carbonyl (C=O) groups excluding carboxylic acids is 1. The Bertz CT molecular complexity index is 882. The Labute approximate surface area is 155 Å². The fourth-order valence-corrected chi connectivity index (χ4v) is 5.55. The van der Waals surface area contributed by atoms with E-state index in [1.807, 2.05) is 6.92 Å². The summed E-state index contributed by atoms with van der Waals surface area (Å²) >= 11 is 6.87. The van der Waals surface area contributed by atoms with Gasteiger partial charge in [-0.2, -0.15) is 0 Å². The van der Waals surface area contributed by atoms with Gasteiger partial charge in [-0.05, 0) is 30.7 Å². The highest BCUT2D eigenvalue weighted by Gasteiger charge is 2.37. The van der Waals surface area contributed by atoms with Crippen molar-refractivity contribution in [2.75, 3.05) is 17.4 Å². The van der Waals surface area contributed by atoms with E-state index < -0.39 is 16.1 Å². The molecular formula is C16H17ClN2O4S2. The first-order valence-electron chi connectivity index (χ1n) is 7.75. The van der Waals surface area contributed by atoms with Crippen LogP contribution < -0.4 is 14.4 Å². The number of sulfonamides is 1.